The van der Waals surface area contributed by atoms with Crippen LogP contribution < -0.4 is 0 Å². The van der Waals surface area contributed by atoms with Gasteiger partial charge in [-0.15, -0.1) is 6.58 Å². The van der Waals surface area contributed by atoms with Crippen molar-refractivity contribution < 1.29 is 4.74 Å². The number of allylic oxidation sites excluding steroid dienone is 1. The molecule has 0 N–H and O–H groups in total. The van der Waals surface area contributed by atoms with Gasteiger partial charge in [-0.05, 0) is 25.3 Å². The molecule has 0 saturated carbocycles. The minimum atomic E-state index is 0.169. The van der Waals surface area contributed by atoms with Crippen LogP contribution in [0.5, 0.6) is 0 Å². The average Bonchev–Trinajstić information content (AvgIpc) is 2.63. The Morgan fingerprint density at radius 3 is 2.73 bits per heavy atom. The van der Waals surface area contributed by atoms with Crippen LogP contribution in [0.1, 0.15) is 25.3 Å². The van der Waals surface area contributed by atoms with Crippen LogP contribution in [0.3, 0.4) is 0 Å². The van der Waals surface area contributed by atoms with E-state index in [2.05, 4.69) is 43.8 Å². The predicted octanol–water partition coefficient (Wildman–Crippen LogP) is 3.31. The summed E-state index contributed by atoms with van der Waals surface area (Å²) in [7, 11) is 0. The molecule has 2 rings (SSSR count). The van der Waals surface area contributed by atoms with Crippen molar-refractivity contribution in [1.82, 2.24) is 0 Å². The smallest absolute Gasteiger partial charge is 0.0570 e. The average molecular weight is 202 g/mol. The molecule has 2 unspecified atom stereocenters. The van der Waals surface area contributed by atoms with E-state index >= 15 is 0 Å². The number of hydrogen-bond acceptors (Lipinski definition) is 1. The van der Waals surface area contributed by atoms with Crippen molar-refractivity contribution in [2.24, 2.45) is 0 Å². The van der Waals surface area contributed by atoms with Crippen molar-refractivity contribution in [1.29, 1.82) is 0 Å². The lowest BCUT2D eigenvalue weighted by Crippen LogP contribution is -2.25. The monoisotopic (exact) mass is 202 g/mol. The molecule has 0 bridgehead atoms. The van der Waals surface area contributed by atoms with Gasteiger partial charge in [-0.25, -0.2) is 0 Å². The Labute approximate surface area is 91.8 Å². The molecule has 15 heavy (non-hydrogen) atoms. The summed E-state index contributed by atoms with van der Waals surface area (Å²) in [6.07, 6.45) is 4.48. The molecule has 0 aromatic heterocycles. The summed E-state index contributed by atoms with van der Waals surface area (Å²) in [6, 6.07) is 10.7. The third-order valence-corrected chi connectivity index (χ3v) is 3.24. The van der Waals surface area contributed by atoms with Gasteiger partial charge in [-0.3, -0.25) is 0 Å². The highest BCUT2D eigenvalue weighted by atomic mass is 16.5. The fraction of sp³-hybridized carbons (Fsp3) is 0.429. The van der Waals surface area contributed by atoms with E-state index in [1.165, 1.54) is 5.56 Å². The van der Waals surface area contributed by atoms with Gasteiger partial charge in [-0.2, -0.15) is 0 Å². The molecule has 0 radical (unpaired) electrons. The summed E-state index contributed by atoms with van der Waals surface area (Å²) in [4.78, 5) is 0. The first-order valence-electron chi connectivity index (χ1n) is 5.55. The Kier molecular flexibility index (Phi) is 2.92. The van der Waals surface area contributed by atoms with Crippen LogP contribution in [-0.2, 0) is 10.2 Å². The fourth-order valence-corrected chi connectivity index (χ4v) is 2.50. The van der Waals surface area contributed by atoms with Crippen LogP contribution in [-0.4, -0.2) is 12.7 Å². The quantitative estimate of drug-likeness (QED) is 0.683. The first-order valence-corrected chi connectivity index (χ1v) is 5.55. The summed E-state index contributed by atoms with van der Waals surface area (Å²) >= 11 is 0. The lowest BCUT2D eigenvalue weighted by Gasteiger charge is -2.26. The van der Waals surface area contributed by atoms with Crippen LogP contribution in [0, 0.1) is 0 Å². The lowest BCUT2D eigenvalue weighted by molar-refractivity contribution is 0.116. The van der Waals surface area contributed by atoms with Crippen LogP contribution in [0.4, 0.5) is 0 Å². The van der Waals surface area contributed by atoms with Crippen molar-refractivity contribution in [2.45, 2.75) is 31.3 Å². The molecular formula is C14H18O. The molecular weight excluding hydrogens is 184 g/mol. The highest BCUT2D eigenvalue weighted by Crippen LogP contribution is 2.39. The van der Waals surface area contributed by atoms with Crippen molar-refractivity contribution in [2.75, 3.05) is 6.61 Å². The minimum absolute atomic E-state index is 0.169. The van der Waals surface area contributed by atoms with Crippen LogP contribution in [0.25, 0.3) is 0 Å². The number of rotatable bonds is 3. The summed E-state index contributed by atoms with van der Waals surface area (Å²) in [5.74, 6) is 0. The summed E-state index contributed by atoms with van der Waals surface area (Å²) in [5.41, 5.74) is 1.55. The molecule has 1 aliphatic rings. The molecule has 1 fully saturated rings. The van der Waals surface area contributed by atoms with E-state index in [9.17, 15) is 0 Å². The highest BCUT2D eigenvalue weighted by molar-refractivity contribution is 5.28. The standard InChI is InChI=1S/C14H18O/c1-3-9-14(10-12(2)15-11-14)13-7-5-4-6-8-13/h3-8,12H,1,9-11H2,2H3. The van der Waals surface area contributed by atoms with E-state index in [0.29, 0.717) is 6.10 Å². The van der Waals surface area contributed by atoms with Crippen molar-refractivity contribution in [3.63, 3.8) is 0 Å². The molecule has 1 aromatic carbocycles. The highest BCUT2D eigenvalue weighted by Gasteiger charge is 2.38. The van der Waals surface area contributed by atoms with E-state index in [1.807, 2.05) is 6.08 Å². The maximum absolute atomic E-state index is 5.73. The zero-order valence-electron chi connectivity index (χ0n) is 9.28. The summed E-state index contributed by atoms with van der Waals surface area (Å²) < 4.78 is 5.73. The molecule has 1 aromatic rings. The molecule has 1 aliphatic heterocycles. The van der Waals surface area contributed by atoms with Gasteiger partial charge in [0.1, 0.15) is 0 Å². The second-order valence-electron chi connectivity index (χ2n) is 4.46. The molecule has 1 nitrogen and oxygen atoms in total. The lowest BCUT2D eigenvalue weighted by atomic mass is 9.76. The molecule has 0 spiro atoms. The number of hydrogen-bond donors (Lipinski definition) is 0. The van der Waals surface area contributed by atoms with E-state index < -0.39 is 0 Å². The molecule has 1 saturated heterocycles. The first kappa shape index (κ1) is 10.4. The second kappa shape index (κ2) is 4.19. The van der Waals surface area contributed by atoms with Gasteiger partial charge in [0.2, 0.25) is 0 Å². The molecule has 1 heterocycles. The third-order valence-electron chi connectivity index (χ3n) is 3.24. The van der Waals surface area contributed by atoms with E-state index in [1.54, 1.807) is 0 Å². The van der Waals surface area contributed by atoms with Gasteiger partial charge in [0.05, 0.1) is 12.7 Å². The Hall–Kier alpha value is -1.08. The van der Waals surface area contributed by atoms with Gasteiger partial charge >= 0.3 is 0 Å². The minimum Gasteiger partial charge on any atom is -0.378 e. The van der Waals surface area contributed by atoms with Crippen molar-refractivity contribution in [3.8, 4) is 0 Å². The van der Waals surface area contributed by atoms with E-state index in [-0.39, 0.29) is 5.41 Å². The van der Waals surface area contributed by atoms with Gasteiger partial charge < -0.3 is 4.74 Å². The zero-order chi connectivity index (χ0) is 10.7. The molecule has 0 amide bonds. The first-order chi connectivity index (χ1) is 7.27. The predicted molar refractivity (Wildman–Crippen MR) is 63.0 cm³/mol. The third kappa shape index (κ3) is 1.98. The van der Waals surface area contributed by atoms with Crippen LogP contribution >= 0.6 is 0 Å². The second-order valence-corrected chi connectivity index (χ2v) is 4.46. The van der Waals surface area contributed by atoms with Crippen molar-refractivity contribution >= 4 is 0 Å². The zero-order valence-corrected chi connectivity index (χ0v) is 9.28. The summed E-state index contributed by atoms with van der Waals surface area (Å²) in [6.45, 7) is 6.83. The Morgan fingerprint density at radius 1 is 1.47 bits per heavy atom. The Bertz CT molecular complexity index is 330. The summed E-state index contributed by atoms with van der Waals surface area (Å²) in [5, 5.41) is 0. The SMILES string of the molecule is C=CCC1(c2ccccc2)COC(C)C1. The Morgan fingerprint density at radius 2 is 2.20 bits per heavy atom. The maximum atomic E-state index is 5.73. The number of ether oxygens (including phenoxy) is 1. The topological polar surface area (TPSA) is 9.23 Å². The normalized spacial score (nSPS) is 30.3. The molecule has 1 heteroatoms. The fourth-order valence-electron chi connectivity index (χ4n) is 2.50. The van der Waals surface area contributed by atoms with Crippen molar-refractivity contribution in [3.05, 3.63) is 48.6 Å². The van der Waals surface area contributed by atoms with Gasteiger partial charge in [0, 0.05) is 5.41 Å². The van der Waals surface area contributed by atoms with Gasteiger partial charge in [0.25, 0.3) is 0 Å². The largest absolute Gasteiger partial charge is 0.378 e. The van der Waals surface area contributed by atoms with E-state index in [0.717, 1.165) is 19.4 Å². The number of benzene rings is 1. The van der Waals surface area contributed by atoms with Gasteiger partial charge in [-0.1, -0.05) is 36.4 Å². The molecule has 2 atom stereocenters. The molecule has 80 valence electrons. The maximum Gasteiger partial charge on any atom is 0.0570 e. The van der Waals surface area contributed by atoms with E-state index in [4.69, 9.17) is 4.74 Å². The van der Waals surface area contributed by atoms with Crippen LogP contribution in [0.2, 0.25) is 0 Å². The van der Waals surface area contributed by atoms with Gasteiger partial charge in [0.15, 0.2) is 0 Å². The Balaban J connectivity index is 2.31. The molecule has 0 aliphatic carbocycles. The van der Waals surface area contributed by atoms with Crippen LogP contribution in [0.15, 0.2) is 43.0 Å².